The molecule has 3 rings (SSSR count). The van der Waals surface area contributed by atoms with Gasteiger partial charge in [0.25, 0.3) is 5.92 Å². The average Bonchev–Trinajstić information content (AvgIpc) is 2.67. The van der Waals surface area contributed by atoms with E-state index in [1.165, 1.54) is 18.0 Å². The Hall–Kier alpha value is -1.95. The third-order valence-electron chi connectivity index (χ3n) is 4.93. The van der Waals surface area contributed by atoms with Gasteiger partial charge in [0.05, 0.1) is 12.1 Å². The number of thioether (sulfide) groups is 1. The molecule has 1 aromatic heterocycles. The van der Waals surface area contributed by atoms with Crippen molar-refractivity contribution in [2.45, 2.75) is 36.8 Å². The molecule has 2 aliphatic rings. The molecule has 140 valence electrons. The van der Waals surface area contributed by atoms with Gasteiger partial charge < -0.3 is 9.80 Å². The van der Waals surface area contributed by atoms with Gasteiger partial charge in [-0.15, -0.1) is 0 Å². The molecule has 1 aromatic rings. The summed E-state index contributed by atoms with van der Waals surface area (Å²) >= 11 is 1.39. The molecule has 2 aliphatic heterocycles. The van der Waals surface area contributed by atoms with Gasteiger partial charge in [-0.2, -0.15) is 5.26 Å². The SMILES string of the molecule is CSc1ncc(C#N)c(N2CCCC(C(=O)N3CCC(F)(F)CC3)C2)n1. The first kappa shape index (κ1) is 18.8. The number of amides is 1. The van der Waals surface area contributed by atoms with Gasteiger partial charge in [-0.05, 0) is 19.1 Å². The van der Waals surface area contributed by atoms with Gasteiger partial charge in [-0.25, -0.2) is 18.7 Å². The van der Waals surface area contributed by atoms with E-state index in [0.717, 1.165) is 12.8 Å². The number of carbonyl (C=O) groups is 1. The topological polar surface area (TPSA) is 73.1 Å². The molecule has 9 heteroatoms. The molecule has 1 atom stereocenters. The van der Waals surface area contributed by atoms with Crippen LogP contribution in [0.3, 0.4) is 0 Å². The lowest BCUT2D eigenvalue weighted by molar-refractivity contribution is -0.141. The molecule has 6 nitrogen and oxygen atoms in total. The van der Waals surface area contributed by atoms with Crippen molar-refractivity contribution in [3.05, 3.63) is 11.8 Å². The predicted octanol–water partition coefficient (Wildman–Crippen LogP) is 2.54. The Labute approximate surface area is 155 Å². The molecular formula is C17H21F2N5OS. The lowest BCUT2D eigenvalue weighted by Crippen LogP contribution is -2.49. The van der Waals surface area contributed by atoms with Gasteiger partial charge in [0.1, 0.15) is 11.6 Å². The van der Waals surface area contributed by atoms with E-state index in [1.807, 2.05) is 11.2 Å². The summed E-state index contributed by atoms with van der Waals surface area (Å²) in [6.45, 7) is 1.37. The van der Waals surface area contributed by atoms with Crippen LogP contribution in [0.4, 0.5) is 14.6 Å². The van der Waals surface area contributed by atoms with Crippen LogP contribution < -0.4 is 4.90 Å². The lowest BCUT2D eigenvalue weighted by atomic mass is 9.95. The van der Waals surface area contributed by atoms with Gasteiger partial charge in [0, 0.05) is 39.0 Å². The van der Waals surface area contributed by atoms with Crippen LogP contribution in [0.25, 0.3) is 0 Å². The fourth-order valence-corrected chi connectivity index (χ4v) is 3.79. The zero-order chi connectivity index (χ0) is 18.7. The molecule has 0 saturated carbocycles. The van der Waals surface area contributed by atoms with E-state index in [2.05, 4.69) is 16.0 Å². The van der Waals surface area contributed by atoms with E-state index in [-0.39, 0.29) is 37.8 Å². The van der Waals surface area contributed by atoms with Crippen LogP contribution in [-0.2, 0) is 4.79 Å². The summed E-state index contributed by atoms with van der Waals surface area (Å²) in [5.74, 6) is -2.43. The van der Waals surface area contributed by atoms with Crippen LogP contribution in [0.2, 0.25) is 0 Å². The quantitative estimate of drug-likeness (QED) is 0.592. The van der Waals surface area contributed by atoms with Gasteiger partial charge in [-0.3, -0.25) is 4.79 Å². The molecule has 0 spiro atoms. The number of anilines is 1. The summed E-state index contributed by atoms with van der Waals surface area (Å²) in [5.41, 5.74) is 0.383. The van der Waals surface area contributed by atoms with Crippen LogP contribution in [0, 0.1) is 17.2 Å². The van der Waals surface area contributed by atoms with Gasteiger partial charge in [-0.1, -0.05) is 11.8 Å². The molecule has 0 N–H and O–H groups in total. The number of nitriles is 1. The van der Waals surface area contributed by atoms with E-state index in [0.29, 0.717) is 29.6 Å². The maximum absolute atomic E-state index is 13.3. The smallest absolute Gasteiger partial charge is 0.251 e. The van der Waals surface area contributed by atoms with E-state index in [9.17, 15) is 18.8 Å². The Morgan fingerprint density at radius 1 is 1.38 bits per heavy atom. The first-order valence-corrected chi connectivity index (χ1v) is 9.88. The molecule has 3 heterocycles. The number of alkyl halides is 2. The monoisotopic (exact) mass is 381 g/mol. The molecule has 1 amide bonds. The zero-order valence-corrected chi connectivity index (χ0v) is 15.4. The predicted molar refractivity (Wildman–Crippen MR) is 94.2 cm³/mol. The van der Waals surface area contributed by atoms with Crippen molar-refractivity contribution < 1.29 is 13.6 Å². The maximum Gasteiger partial charge on any atom is 0.251 e. The molecule has 0 aromatic carbocycles. The largest absolute Gasteiger partial charge is 0.355 e. The second kappa shape index (κ2) is 7.74. The Balaban J connectivity index is 1.72. The number of carbonyl (C=O) groups excluding carboxylic acids is 1. The number of aromatic nitrogens is 2. The van der Waals surface area contributed by atoms with Crippen molar-refractivity contribution in [1.82, 2.24) is 14.9 Å². The van der Waals surface area contributed by atoms with Crippen LogP contribution in [0.15, 0.2) is 11.4 Å². The molecule has 1 unspecified atom stereocenters. The molecular weight excluding hydrogens is 360 g/mol. The summed E-state index contributed by atoms with van der Waals surface area (Å²) in [7, 11) is 0. The van der Waals surface area contributed by atoms with Gasteiger partial charge >= 0.3 is 0 Å². The minimum atomic E-state index is -2.66. The number of hydrogen-bond donors (Lipinski definition) is 0. The van der Waals surface area contributed by atoms with Crippen LogP contribution in [-0.4, -0.2) is 59.1 Å². The molecule has 26 heavy (non-hydrogen) atoms. The maximum atomic E-state index is 13.3. The number of rotatable bonds is 3. The van der Waals surface area contributed by atoms with E-state index < -0.39 is 5.92 Å². The fourth-order valence-electron chi connectivity index (χ4n) is 3.46. The highest BCUT2D eigenvalue weighted by Crippen LogP contribution is 2.31. The minimum Gasteiger partial charge on any atom is -0.355 e. The molecule has 2 fully saturated rings. The standard InChI is InChI=1S/C17H21F2N5OS/c1-26-16-21-10-13(9-20)14(22-16)24-6-2-3-12(11-24)15(25)23-7-4-17(18,19)5-8-23/h10,12H,2-8,11H2,1H3. The van der Waals surface area contributed by atoms with Crippen molar-refractivity contribution in [2.75, 3.05) is 37.3 Å². The fraction of sp³-hybridized carbons (Fsp3) is 0.647. The van der Waals surface area contributed by atoms with Crippen LogP contribution in [0.5, 0.6) is 0 Å². The number of likely N-dealkylation sites (tertiary alicyclic amines) is 1. The Kier molecular flexibility index (Phi) is 5.61. The molecule has 0 radical (unpaired) electrons. The highest BCUT2D eigenvalue weighted by molar-refractivity contribution is 7.98. The van der Waals surface area contributed by atoms with E-state index >= 15 is 0 Å². The Morgan fingerprint density at radius 3 is 2.77 bits per heavy atom. The summed E-state index contributed by atoms with van der Waals surface area (Å²) < 4.78 is 26.7. The number of piperidine rings is 2. The first-order chi connectivity index (χ1) is 12.4. The lowest BCUT2D eigenvalue weighted by Gasteiger charge is -2.38. The van der Waals surface area contributed by atoms with Crippen molar-refractivity contribution in [3.8, 4) is 6.07 Å². The zero-order valence-electron chi connectivity index (χ0n) is 14.6. The second-order valence-electron chi connectivity index (χ2n) is 6.67. The average molecular weight is 381 g/mol. The summed E-state index contributed by atoms with van der Waals surface area (Å²) in [6.07, 6.45) is 4.36. The number of halogens is 2. The summed E-state index contributed by atoms with van der Waals surface area (Å²) in [5, 5.41) is 9.91. The molecule has 2 saturated heterocycles. The first-order valence-electron chi connectivity index (χ1n) is 8.66. The van der Waals surface area contributed by atoms with Crippen LogP contribution >= 0.6 is 11.8 Å². The Morgan fingerprint density at radius 2 is 2.12 bits per heavy atom. The Bertz CT molecular complexity index is 714. The summed E-state index contributed by atoms with van der Waals surface area (Å²) in [6, 6.07) is 2.11. The third kappa shape index (κ3) is 4.06. The normalized spacial score (nSPS) is 22.8. The van der Waals surface area contributed by atoms with Crippen molar-refractivity contribution >= 4 is 23.5 Å². The summed E-state index contributed by atoms with van der Waals surface area (Å²) in [4.78, 5) is 24.8. The van der Waals surface area contributed by atoms with Crippen LogP contribution in [0.1, 0.15) is 31.2 Å². The van der Waals surface area contributed by atoms with Gasteiger partial charge in [0.15, 0.2) is 11.0 Å². The van der Waals surface area contributed by atoms with Gasteiger partial charge in [0.2, 0.25) is 5.91 Å². The third-order valence-corrected chi connectivity index (χ3v) is 5.49. The highest BCUT2D eigenvalue weighted by Gasteiger charge is 2.38. The number of hydrogen-bond acceptors (Lipinski definition) is 6. The van der Waals surface area contributed by atoms with E-state index in [1.54, 1.807) is 4.90 Å². The molecule has 0 aliphatic carbocycles. The molecule has 0 bridgehead atoms. The highest BCUT2D eigenvalue weighted by atomic mass is 32.2. The van der Waals surface area contributed by atoms with E-state index in [4.69, 9.17) is 0 Å². The number of nitrogens with zero attached hydrogens (tertiary/aromatic N) is 5. The minimum absolute atomic E-state index is 0.0668. The van der Waals surface area contributed by atoms with Crippen molar-refractivity contribution in [3.63, 3.8) is 0 Å². The van der Waals surface area contributed by atoms with Crippen molar-refractivity contribution in [1.29, 1.82) is 5.26 Å². The van der Waals surface area contributed by atoms with Crippen molar-refractivity contribution in [2.24, 2.45) is 5.92 Å². The second-order valence-corrected chi connectivity index (χ2v) is 7.45.